The lowest BCUT2D eigenvalue weighted by molar-refractivity contribution is 0.190. The Morgan fingerprint density at radius 1 is 1.24 bits per heavy atom. The predicted octanol–water partition coefficient (Wildman–Crippen LogP) is 3.01. The molecular formula is C20H34N4O. The lowest BCUT2D eigenvalue weighted by atomic mass is 9.94. The van der Waals surface area contributed by atoms with Gasteiger partial charge in [0.1, 0.15) is 5.75 Å². The van der Waals surface area contributed by atoms with Crippen LogP contribution < -0.4 is 15.4 Å². The van der Waals surface area contributed by atoms with Crippen LogP contribution in [0.15, 0.2) is 29.3 Å². The smallest absolute Gasteiger partial charge is 0.191 e. The van der Waals surface area contributed by atoms with Crippen molar-refractivity contribution in [3.63, 3.8) is 0 Å². The van der Waals surface area contributed by atoms with Crippen LogP contribution >= 0.6 is 0 Å². The first kappa shape index (κ1) is 19.6. The molecule has 0 bridgehead atoms. The quantitative estimate of drug-likeness (QED) is 0.432. The molecule has 1 saturated carbocycles. The van der Waals surface area contributed by atoms with Gasteiger partial charge in [-0.25, -0.2) is 0 Å². The van der Waals surface area contributed by atoms with E-state index in [0.29, 0.717) is 0 Å². The maximum Gasteiger partial charge on any atom is 0.191 e. The summed E-state index contributed by atoms with van der Waals surface area (Å²) in [5.74, 6) is 1.73. The van der Waals surface area contributed by atoms with E-state index in [-0.39, 0.29) is 0 Å². The second kappa shape index (κ2) is 11.0. The van der Waals surface area contributed by atoms with Gasteiger partial charge in [0.25, 0.3) is 0 Å². The van der Waals surface area contributed by atoms with E-state index in [2.05, 4.69) is 33.6 Å². The highest BCUT2D eigenvalue weighted by atomic mass is 16.5. The summed E-state index contributed by atoms with van der Waals surface area (Å²) in [6.07, 6.45) is 8.08. The molecule has 5 heteroatoms. The number of hydrogen-bond donors (Lipinski definition) is 2. The van der Waals surface area contributed by atoms with Crippen LogP contribution in [0, 0.1) is 0 Å². The number of hydrogen-bond acceptors (Lipinski definition) is 3. The number of ether oxygens (including phenoxy) is 1. The number of nitrogens with zero attached hydrogens (tertiary/aromatic N) is 2. The van der Waals surface area contributed by atoms with Crippen LogP contribution in [0.1, 0.15) is 44.1 Å². The second-order valence-electron chi connectivity index (χ2n) is 6.83. The van der Waals surface area contributed by atoms with E-state index in [1.165, 1.54) is 37.7 Å². The molecule has 0 aliphatic heterocycles. The van der Waals surface area contributed by atoms with E-state index >= 15 is 0 Å². The van der Waals surface area contributed by atoms with Crippen LogP contribution in [-0.4, -0.2) is 51.2 Å². The maximum absolute atomic E-state index is 5.26. The standard InChI is InChI=1S/C20H34N4O/c1-21-20(23-16-17-9-7-12-19(15-17)25-3)22-13-8-14-24(2)18-10-5-4-6-11-18/h7,9,12,15,18H,4-6,8,10-11,13-14,16H2,1-3H3,(H2,21,22,23). The molecule has 2 rings (SSSR count). The van der Waals surface area contributed by atoms with E-state index in [0.717, 1.165) is 43.8 Å². The van der Waals surface area contributed by atoms with Gasteiger partial charge in [0.2, 0.25) is 0 Å². The molecule has 1 fully saturated rings. The molecule has 0 amide bonds. The summed E-state index contributed by atoms with van der Waals surface area (Å²) in [5, 5.41) is 6.77. The van der Waals surface area contributed by atoms with Gasteiger partial charge in [-0.15, -0.1) is 0 Å². The normalized spacial score (nSPS) is 16.1. The van der Waals surface area contributed by atoms with Crippen LogP contribution in [-0.2, 0) is 6.54 Å². The van der Waals surface area contributed by atoms with E-state index in [4.69, 9.17) is 4.74 Å². The third-order valence-electron chi connectivity index (χ3n) is 5.00. The van der Waals surface area contributed by atoms with Crippen LogP contribution in [0.4, 0.5) is 0 Å². The molecule has 0 atom stereocenters. The third-order valence-corrected chi connectivity index (χ3v) is 5.00. The summed E-state index contributed by atoms with van der Waals surface area (Å²) in [6, 6.07) is 8.88. The number of guanidine groups is 1. The maximum atomic E-state index is 5.26. The molecule has 0 aromatic heterocycles. The van der Waals surface area contributed by atoms with Crippen molar-refractivity contribution in [2.45, 2.75) is 51.1 Å². The van der Waals surface area contributed by atoms with Crippen LogP contribution in [0.2, 0.25) is 0 Å². The van der Waals surface area contributed by atoms with Crippen molar-refractivity contribution >= 4 is 5.96 Å². The fourth-order valence-electron chi connectivity index (χ4n) is 3.43. The molecule has 25 heavy (non-hydrogen) atoms. The average Bonchev–Trinajstić information content (AvgIpc) is 2.68. The first-order valence-electron chi connectivity index (χ1n) is 9.50. The highest BCUT2D eigenvalue weighted by Crippen LogP contribution is 2.21. The monoisotopic (exact) mass is 346 g/mol. The lowest BCUT2D eigenvalue weighted by Gasteiger charge is -2.31. The zero-order valence-electron chi connectivity index (χ0n) is 16.1. The van der Waals surface area contributed by atoms with Gasteiger partial charge in [0.15, 0.2) is 5.96 Å². The topological polar surface area (TPSA) is 48.9 Å². The molecule has 0 saturated heterocycles. The number of nitrogens with one attached hydrogen (secondary N) is 2. The van der Waals surface area contributed by atoms with E-state index < -0.39 is 0 Å². The van der Waals surface area contributed by atoms with Gasteiger partial charge in [-0.05, 0) is 50.6 Å². The summed E-state index contributed by atoms with van der Waals surface area (Å²) >= 11 is 0. The van der Waals surface area contributed by atoms with Gasteiger partial charge in [-0.3, -0.25) is 4.99 Å². The lowest BCUT2D eigenvalue weighted by Crippen LogP contribution is -2.39. The van der Waals surface area contributed by atoms with Crippen molar-refractivity contribution in [2.24, 2.45) is 4.99 Å². The molecule has 1 aliphatic carbocycles. The Hall–Kier alpha value is -1.75. The Kier molecular flexibility index (Phi) is 8.60. The molecule has 5 nitrogen and oxygen atoms in total. The van der Waals surface area contributed by atoms with Gasteiger partial charge in [-0.1, -0.05) is 31.4 Å². The molecule has 1 aliphatic rings. The van der Waals surface area contributed by atoms with Crippen LogP contribution in [0.3, 0.4) is 0 Å². The largest absolute Gasteiger partial charge is 0.497 e. The minimum absolute atomic E-state index is 0.735. The van der Waals surface area contributed by atoms with Gasteiger partial charge in [0, 0.05) is 26.2 Å². The van der Waals surface area contributed by atoms with Gasteiger partial charge < -0.3 is 20.3 Å². The van der Waals surface area contributed by atoms with Crippen molar-refractivity contribution in [3.05, 3.63) is 29.8 Å². The number of methoxy groups -OCH3 is 1. The van der Waals surface area contributed by atoms with Crippen LogP contribution in [0.25, 0.3) is 0 Å². The van der Waals surface area contributed by atoms with E-state index in [9.17, 15) is 0 Å². The van der Waals surface area contributed by atoms with Gasteiger partial charge >= 0.3 is 0 Å². The zero-order valence-corrected chi connectivity index (χ0v) is 16.1. The Bertz CT molecular complexity index is 526. The highest BCUT2D eigenvalue weighted by molar-refractivity contribution is 5.79. The fourth-order valence-corrected chi connectivity index (χ4v) is 3.43. The third kappa shape index (κ3) is 6.94. The number of rotatable bonds is 8. The SMILES string of the molecule is CN=C(NCCCN(C)C1CCCCC1)NCc1cccc(OC)c1. The first-order valence-corrected chi connectivity index (χ1v) is 9.50. The van der Waals surface area contributed by atoms with Crippen molar-refractivity contribution < 1.29 is 4.74 Å². The molecule has 0 spiro atoms. The number of aliphatic imine (C=N–C) groups is 1. The average molecular weight is 347 g/mol. The summed E-state index contributed by atoms with van der Waals surface area (Å²) in [7, 11) is 5.78. The van der Waals surface area contributed by atoms with Crippen molar-refractivity contribution in [3.8, 4) is 5.75 Å². The predicted molar refractivity (Wildman–Crippen MR) is 105 cm³/mol. The summed E-state index contributed by atoms with van der Waals surface area (Å²) in [6.45, 7) is 2.82. The fraction of sp³-hybridized carbons (Fsp3) is 0.650. The van der Waals surface area contributed by atoms with Gasteiger partial charge in [0.05, 0.1) is 7.11 Å². The molecular weight excluding hydrogens is 312 g/mol. The Morgan fingerprint density at radius 2 is 2.04 bits per heavy atom. The molecule has 1 aromatic rings. The molecule has 2 N–H and O–H groups in total. The summed E-state index contributed by atoms with van der Waals surface area (Å²) in [5.41, 5.74) is 1.18. The Balaban J connectivity index is 1.64. The van der Waals surface area contributed by atoms with Gasteiger partial charge in [-0.2, -0.15) is 0 Å². The Morgan fingerprint density at radius 3 is 2.76 bits per heavy atom. The molecule has 1 aromatic carbocycles. The minimum Gasteiger partial charge on any atom is -0.497 e. The van der Waals surface area contributed by atoms with E-state index in [1.807, 2.05) is 25.2 Å². The first-order chi connectivity index (χ1) is 12.2. The van der Waals surface area contributed by atoms with Crippen molar-refractivity contribution in [2.75, 3.05) is 34.3 Å². The minimum atomic E-state index is 0.735. The molecule has 0 heterocycles. The van der Waals surface area contributed by atoms with Crippen molar-refractivity contribution in [1.82, 2.24) is 15.5 Å². The highest BCUT2D eigenvalue weighted by Gasteiger charge is 2.17. The van der Waals surface area contributed by atoms with Crippen molar-refractivity contribution in [1.29, 1.82) is 0 Å². The number of benzene rings is 1. The Labute approximate surface area is 152 Å². The summed E-state index contributed by atoms with van der Waals surface area (Å²) < 4.78 is 5.26. The van der Waals surface area contributed by atoms with E-state index in [1.54, 1.807) is 7.11 Å². The molecule has 0 unspecified atom stereocenters. The molecule has 0 radical (unpaired) electrons. The van der Waals surface area contributed by atoms with Crippen LogP contribution in [0.5, 0.6) is 5.75 Å². The molecule has 140 valence electrons. The zero-order chi connectivity index (χ0) is 17.9. The second-order valence-corrected chi connectivity index (χ2v) is 6.83. The summed E-state index contributed by atoms with van der Waals surface area (Å²) in [4.78, 5) is 6.84.